The molecule has 2 aromatic rings. The number of rotatable bonds is 9. The molecule has 0 bridgehead atoms. The molecule has 7 nitrogen and oxygen atoms in total. The van der Waals surface area contributed by atoms with Crippen molar-refractivity contribution >= 4 is 17.6 Å². The number of carbonyl (C=O) groups is 2. The quantitative estimate of drug-likeness (QED) is 0.648. The van der Waals surface area contributed by atoms with Crippen LogP contribution in [-0.4, -0.2) is 39.3 Å². The summed E-state index contributed by atoms with van der Waals surface area (Å²) in [6, 6.07) is 10.9. The average Bonchev–Trinajstić information content (AvgIpc) is 2.71. The fourth-order valence-electron chi connectivity index (χ4n) is 2.85. The molecule has 0 saturated carbocycles. The number of benzene rings is 2. The van der Waals surface area contributed by atoms with E-state index in [1.165, 1.54) is 14.0 Å². The van der Waals surface area contributed by atoms with Crippen molar-refractivity contribution in [1.29, 1.82) is 0 Å². The second-order valence-electron chi connectivity index (χ2n) is 6.48. The van der Waals surface area contributed by atoms with Crippen LogP contribution in [-0.2, 0) is 20.7 Å². The number of aryl methyl sites for hydroxylation is 2. The van der Waals surface area contributed by atoms with Crippen LogP contribution >= 0.6 is 0 Å². The van der Waals surface area contributed by atoms with Gasteiger partial charge in [-0.2, -0.15) is 0 Å². The highest BCUT2D eigenvalue weighted by Crippen LogP contribution is 2.31. The molecule has 1 atom stereocenters. The molecule has 156 valence electrons. The first-order valence-corrected chi connectivity index (χ1v) is 9.24. The summed E-state index contributed by atoms with van der Waals surface area (Å²) in [6.07, 6.45) is -0.436. The number of ether oxygens (including phenoxy) is 4. The molecule has 0 saturated heterocycles. The summed E-state index contributed by atoms with van der Waals surface area (Å²) in [5.74, 6) is 0.806. The second-order valence-corrected chi connectivity index (χ2v) is 6.48. The minimum atomic E-state index is -0.945. The fourth-order valence-corrected chi connectivity index (χ4v) is 2.85. The summed E-state index contributed by atoms with van der Waals surface area (Å²) in [5, 5.41) is 2.74. The number of amides is 1. The molecule has 0 aliphatic rings. The molecule has 29 heavy (non-hydrogen) atoms. The van der Waals surface area contributed by atoms with Crippen molar-refractivity contribution in [2.75, 3.05) is 26.6 Å². The topological polar surface area (TPSA) is 83.1 Å². The first kappa shape index (κ1) is 22.1. The van der Waals surface area contributed by atoms with Crippen LogP contribution in [0.1, 0.15) is 24.5 Å². The minimum absolute atomic E-state index is 0.106. The average molecular weight is 401 g/mol. The molecule has 1 N–H and O–H groups in total. The molecule has 0 radical (unpaired) electrons. The first-order chi connectivity index (χ1) is 13.9. The van der Waals surface area contributed by atoms with E-state index >= 15 is 0 Å². The van der Waals surface area contributed by atoms with E-state index in [9.17, 15) is 9.59 Å². The van der Waals surface area contributed by atoms with Crippen molar-refractivity contribution < 1.29 is 28.5 Å². The van der Waals surface area contributed by atoms with E-state index in [0.29, 0.717) is 29.4 Å². The molecular weight excluding hydrogens is 374 g/mol. The number of hydrogen-bond acceptors (Lipinski definition) is 6. The van der Waals surface area contributed by atoms with Gasteiger partial charge in [0, 0.05) is 6.42 Å². The molecule has 0 unspecified atom stereocenters. The zero-order chi connectivity index (χ0) is 21.4. The van der Waals surface area contributed by atoms with E-state index in [-0.39, 0.29) is 6.42 Å². The molecule has 0 heterocycles. The standard InChI is InChI=1S/C22H27NO6/c1-14-9-11-18(26-3)17(13-14)23-22(25)15(2)29-20(24)12-10-16-7-6-8-19(27-4)21(16)28-5/h6-9,11,13,15H,10,12H2,1-5H3,(H,23,25)/t15-/m0/s1. The van der Waals surface area contributed by atoms with Crippen molar-refractivity contribution in [1.82, 2.24) is 0 Å². The first-order valence-electron chi connectivity index (χ1n) is 9.24. The van der Waals surface area contributed by atoms with Gasteiger partial charge in [-0.1, -0.05) is 18.2 Å². The zero-order valence-corrected chi connectivity index (χ0v) is 17.4. The molecule has 0 aromatic heterocycles. The van der Waals surface area contributed by atoms with Gasteiger partial charge < -0.3 is 24.3 Å². The van der Waals surface area contributed by atoms with Gasteiger partial charge in [-0.15, -0.1) is 0 Å². The fraction of sp³-hybridized carbons (Fsp3) is 0.364. The molecule has 7 heteroatoms. The molecule has 2 aromatic carbocycles. The lowest BCUT2D eigenvalue weighted by Gasteiger charge is -2.16. The third kappa shape index (κ3) is 5.88. The normalized spacial score (nSPS) is 11.3. The SMILES string of the molecule is COc1ccc(C)cc1NC(=O)[C@H](C)OC(=O)CCc1cccc(OC)c1OC. The number of carbonyl (C=O) groups excluding carboxylic acids is 2. The van der Waals surface area contributed by atoms with Gasteiger partial charge >= 0.3 is 5.97 Å². The highest BCUT2D eigenvalue weighted by Gasteiger charge is 2.20. The Morgan fingerprint density at radius 2 is 1.72 bits per heavy atom. The van der Waals surface area contributed by atoms with Gasteiger partial charge in [0.1, 0.15) is 5.75 Å². The third-order valence-electron chi connectivity index (χ3n) is 4.37. The molecule has 0 spiro atoms. The van der Waals surface area contributed by atoms with E-state index in [1.54, 1.807) is 32.4 Å². The Morgan fingerprint density at radius 3 is 2.38 bits per heavy atom. The van der Waals surface area contributed by atoms with Gasteiger partial charge in [0.25, 0.3) is 5.91 Å². The van der Waals surface area contributed by atoms with E-state index in [4.69, 9.17) is 18.9 Å². The second kappa shape index (κ2) is 10.4. The number of esters is 1. The summed E-state index contributed by atoms with van der Waals surface area (Å²) in [5.41, 5.74) is 2.32. The number of nitrogens with one attached hydrogen (secondary N) is 1. The summed E-state index contributed by atoms with van der Waals surface area (Å²) in [4.78, 5) is 24.6. The lowest BCUT2D eigenvalue weighted by Crippen LogP contribution is -2.30. The van der Waals surface area contributed by atoms with Gasteiger partial charge in [-0.25, -0.2) is 0 Å². The van der Waals surface area contributed by atoms with E-state index in [0.717, 1.165) is 11.1 Å². The lowest BCUT2D eigenvalue weighted by molar-refractivity contribution is -0.153. The Labute approximate surface area is 170 Å². The predicted octanol–water partition coefficient (Wildman–Crippen LogP) is 3.52. The van der Waals surface area contributed by atoms with Gasteiger partial charge in [0.15, 0.2) is 17.6 Å². The van der Waals surface area contributed by atoms with Crippen LogP contribution in [0.2, 0.25) is 0 Å². The van der Waals surface area contributed by atoms with Crippen LogP contribution in [0.25, 0.3) is 0 Å². The molecule has 0 aliphatic heterocycles. The molecule has 0 fully saturated rings. The third-order valence-corrected chi connectivity index (χ3v) is 4.37. The molecular formula is C22H27NO6. The Morgan fingerprint density at radius 1 is 1.00 bits per heavy atom. The van der Waals surface area contributed by atoms with Crippen LogP contribution in [0.4, 0.5) is 5.69 Å². The highest BCUT2D eigenvalue weighted by atomic mass is 16.5. The van der Waals surface area contributed by atoms with E-state index in [2.05, 4.69) is 5.32 Å². The van der Waals surface area contributed by atoms with Gasteiger partial charge in [-0.05, 0) is 49.6 Å². The van der Waals surface area contributed by atoms with Crippen molar-refractivity contribution in [2.24, 2.45) is 0 Å². The van der Waals surface area contributed by atoms with Gasteiger partial charge in [0.05, 0.1) is 27.0 Å². The van der Waals surface area contributed by atoms with Crippen molar-refractivity contribution in [3.8, 4) is 17.2 Å². The largest absolute Gasteiger partial charge is 0.495 e. The Hall–Kier alpha value is -3.22. The molecule has 0 aliphatic carbocycles. The number of para-hydroxylation sites is 1. The van der Waals surface area contributed by atoms with Crippen molar-refractivity contribution in [3.63, 3.8) is 0 Å². The minimum Gasteiger partial charge on any atom is -0.495 e. The molecule has 1 amide bonds. The number of anilines is 1. The van der Waals surface area contributed by atoms with Crippen molar-refractivity contribution in [3.05, 3.63) is 47.5 Å². The smallest absolute Gasteiger partial charge is 0.306 e. The maximum absolute atomic E-state index is 12.4. The number of hydrogen-bond donors (Lipinski definition) is 1. The van der Waals surface area contributed by atoms with E-state index in [1.807, 2.05) is 25.1 Å². The highest BCUT2D eigenvalue weighted by molar-refractivity contribution is 5.96. The molecule has 2 rings (SSSR count). The van der Waals surface area contributed by atoms with Crippen LogP contribution in [0, 0.1) is 6.92 Å². The van der Waals surface area contributed by atoms with Gasteiger partial charge in [-0.3, -0.25) is 9.59 Å². The lowest BCUT2D eigenvalue weighted by atomic mass is 10.1. The van der Waals surface area contributed by atoms with Crippen LogP contribution in [0.3, 0.4) is 0 Å². The Balaban J connectivity index is 1.94. The maximum atomic E-state index is 12.4. The summed E-state index contributed by atoms with van der Waals surface area (Å²) < 4.78 is 21.1. The van der Waals surface area contributed by atoms with Crippen LogP contribution in [0.15, 0.2) is 36.4 Å². The van der Waals surface area contributed by atoms with Crippen molar-refractivity contribution in [2.45, 2.75) is 32.8 Å². The number of methoxy groups -OCH3 is 3. The van der Waals surface area contributed by atoms with Gasteiger partial charge in [0.2, 0.25) is 0 Å². The Kier molecular flexibility index (Phi) is 7.88. The van der Waals surface area contributed by atoms with Crippen LogP contribution < -0.4 is 19.5 Å². The predicted molar refractivity (Wildman–Crippen MR) is 110 cm³/mol. The van der Waals surface area contributed by atoms with Crippen LogP contribution in [0.5, 0.6) is 17.2 Å². The zero-order valence-electron chi connectivity index (χ0n) is 17.4. The summed E-state index contributed by atoms with van der Waals surface area (Å²) in [6.45, 7) is 3.44. The monoisotopic (exact) mass is 401 g/mol. The Bertz CT molecular complexity index is 864. The summed E-state index contributed by atoms with van der Waals surface area (Å²) >= 11 is 0. The summed E-state index contributed by atoms with van der Waals surface area (Å²) in [7, 11) is 4.63. The van der Waals surface area contributed by atoms with E-state index < -0.39 is 18.0 Å². The maximum Gasteiger partial charge on any atom is 0.306 e.